The zero-order valence-electron chi connectivity index (χ0n) is 8.61. The molecule has 0 aliphatic carbocycles. The molecule has 1 aromatic rings. The maximum atomic E-state index is 12.8. The van der Waals surface area contributed by atoms with Crippen molar-refractivity contribution >= 4 is 18.5 Å². The van der Waals surface area contributed by atoms with Crippen molar-refractivity contribution in [3.05, 3.63) is 35.6 Å². The van der Waals surface area contributed by atoms with Crippen LogP contribution in [0.3, 0.4) is 0 Å². The van der Waals surface area contributed by atoms with Crippen molar-refractivity contribution in [1.29, 1.82) is 0 Å². The van der Waals surface area contributed by atoms with E-state index in [1.807, 2.05) is 6.07 Å². The van der Waals surface area contributed by atoms with Crippen LogP contribution in [0.25, 0.3) is 0 Å². The van der Waals surface area contributed by atoms with Gasteiger partial charge in [-0.15, -0.1) is 0 Å². The second-order valence-corrected chi connectivity index (χ2v) is 3.67. The van der Waals surface area contributed by atoms with Crippen LogP contribution in [-0.2, 0) is 11.2 Å². The maximum Gasteiger partial charge on any atom is 0.232 e. The van der Waals surface area contributed by atoms with Crippen LogP contribution in [0.5, 0.6) is 0 Å². The molecule has 0 aromatic heterocycles. The smallest absolute Gasteiger partial charge is 0.232 e. The number of thiol groups is 1. The Labute approximate surface area is 94.5 Å². The molecule has 0 aliphatic heterocycles. The molecule has 0 saturated carbocycles. The van der Waals surface area contributed by atoms with Crippen molar-refractivity contribution in [3.63, 3.8) is 0 Å². The average Bonchev–Trinajstić information content (AvgIpc) is 2.25. The summed E-state index contributed by atoms with van der Waals surface area (Å²) in [7, 11) is 1.72. The van der Waals surface area contributed by atoms with Crippen LogP contribution in [-0.4, -0.2) is 30.2 Å². The summed E-state index contributed by atoms with van der Waals surface area (Å²) < 4.78 is 12.8. The van der Waals surface area contributed by atoms with Gasteiger partial charge in [-0.3, -0.25) is 4.79 Å². The molecule has 2 nitrogen and oxygen atoms in total. The number of carbonyl (C=O) groups is 1. The fourth-order valence-electron chi connectivity index (χ4n) is 1.23. The summed E-state index contributed by atoms with van der Waals surface area (Å²) in [5, 5.41) is 0. The van der Waals surface area contributed by atoms with Crippen molar-refractivity contribution in [2.24, 2.45) is 0 Å². The van der Waals surface area contributed by atoms with Crippen LogP contribution >= 0.6 is 12.6 Å². The topological polar surface area (TPSA) is 20.3 Å². The highest BCUT2D eigenvalue weighted by molar-refractivity contribution is 7.81. The summed E-state index contributed by atoms with van der Waals surface area (Å²) in [5.41, 5.74) is 0.897. The lowest BCUT2D eigenvalue weighted by Crippen LogP contribution is -2.29. The Hall–Kier alpha value is -1.03. The van der Waals surface area contributed by atoms with E-state index in [0.29, 0.717) is 13.0 Å². The highest BCUT2D eigenvalue weighted by Gasteiger charge is 2.05. The summed E-state index contributed by atoms with van der Waals surface area (Å²) in [6, 6.07) is 6.41. The molecule has 0 unspecified atom stereocenters. The van der Waals surface area contributed by atoms with Crippen LogP contribution in [0.2, 0.25) is 0 Å². The Morgan fingerprint density at radius 3 is 2.87 bits per heavy atom. The second kappa shape index (κ2) is 5.75. The molecular weight excluding hydrogens is 213 g/mol. The summed E-state index contributed by atoms with van der Waals surface area (Å²) in [6.45, 7) is 0.586. The molecule has 0 aliphatic rings. The Morgan fingerprint density at radius 2 is 2.27 bits per heavy atom. The molecule has 0 fully saturated rings. The van der Waals surface area contributed by atoms with Gasteiger partial charge in [-0.1, -0.05) is 12.1 Å². The van der Waals surface area contributed by atoms with Gasteiger partial charge < -0.3 is 4.90 Å². The largest absolute Gasteiger partial charge is 0.345 e. The van der Waals surface area contributed by atoms with Gasteiger partial charge in [0.05, 0.1) is 5.75 Å². The van der Waals surface area contributed by atoms with Gasteiger partial charge in [-0.25, -0.2) is 4.39 Å². The minimum Gasteiger partial charge on any atom is -0.345 e. The van der Waals surface area contributed by atoms with E-state index >= 15 is 0 Å². The molecule has 0 bridgehead atoms. The minimum absolute atomic E-state index is 0.0188. The third-order valence-electron chi connectivity index (χ3n) is 2.19. The predicted octanol–water partition coefficient (Wildman–Crippen LogP) is 1.76. The molecule has 1 aromatic carbocycles. The fourth-order valence-corrected chi connectivity index (χ4v) is 1.48. The monoisotopic (exact) mass is 227 g/mol. The number of nitrogens with zero attached hydrogens (tertiary/aromatic N) is 1. The maximum absolute atomic E-state index is 12.8. The molecule has 0 radical (unpaired) electrons. The molecule has 15 heavy (non-hydrogen) atoms. The van der Waals surface area contributed by atoms with E-state index in [-0.39, 0.29) is 17.5 Å². The number of hydrogen-bond acceptors (Lipinski definition) is 2. The van der Waals surface area contributed by atoms with E-state index in [0.717, 1.165) is 5.56 Å². The number of benzene rings is 1. The molecule has 0 atom stereocenters. The molecular formula is C11H14FNOS. The molecule has 4 heteroatoms. The van der Waals surface area contributed by atoms with Gasteiger partial charge in [-0.05, 0) is 24.1 Å². The molecule has 0 N–H and O–H groups in total. The quantitative estimate of drug-likeness (QED) is 0.777. The third kappa shape index (κ3) is 3.91. The normalized spacial score (nSPS) is 10.1. The van der Waals surface area contributed by atoms with Crippen LogP contribution in [0.15, 0.2) is 24.3 Å². The van der Waals surface area contributed by atoms with Gasteiger partial charge in [0.15, 0.2) is 0 Å². The number of likely N-dealkylation sites (N-methyl/N-ethyl adjacent to an activating group) is 1. The number of amides is 1. The van der Waals surface area contributed by atoms with E-state index in [9.17, 15) is 9.18 Å². The predicted molar refractivity (Wildman–Crippen MR) is 61.6 cm³/mol. The second-order valence-electron chi connectivity index (χ2n) is 3.35. The highest BCUT2D eigenvalue weighted by atomic mass is 32.1. The Bertz CT molecular complexity index is 343. The van der Waals surface area contributed by atoms with Crippen LogP contribution in [0.4, 0.5) is 4.39 Å². The fraction of sp³-hybridized carbons (Fsp3) is 0.364. The number of hydrogen-bond donors (Lipinski definition) is 1. The summed E-state index contributed by atoms with van der Waals surface area (Å²) in [6.07, 6.45) is 0.660. The van der Waals surface area contributed by atoms with Crippen molar-refractivity contribution in [2.45, 2.75) is 6.42 Å². The first kappa shape index (κ1) is 12.0. The van der Waals surface area contributed by atoms with Crippen LogP contribution < -0.4 is 0 Å². The summed E-state index contributed by atoms with van der Waals surface area (Å²) >= 11 is 3.90. The molecule has 0 saturated heterocycles. The average molecular weight is 227 g/mol. The van der Waals surface area contributed by atoms with E-state index in [2.05, 4.69) is 12.6 Å². The molecule has 0 spiro atoms. The van der Waals surface area contributed by atoms with Gasteiger partial charge in [0, 0.05) is 13.6 Å². The summed E-state index contributed by atoms with van der Waals surface area (Å²) in [5.74, 6) is -0.0509. The Balaban J connectivity index is 2.47. The molecule has 82 valence electrons. The first-order valence-corrected chi connectivity index (χ1v) is 5.36. The lowest BCUT2D eigenvalue weighted by Gasteiger charge is -2.15. The SMILES string of the molecule is CN(CCc1cccc(F)c1)C(=O)CS. The minimum atomic E-state index is -0.240. The van der Waals surface area contributed by atoms with E-state index in [1.165, 1.54) is 12.1 Å². The van der Waals surface area contributed by atoms with Crippen molar-refractivity contribution < 1.29 is 9.18 Å². The molecule has 1 amide bonds. The Kier molecular flexibility index (Phi) is 4.62. The Morgan fingerprint density at radius 1 is 1.53 bits per heavy atom. The first-order valence-electron chi connectivity index (χ1n) is 4.72. The summed E-state index contributed by atoms with van der Waals surface area (Å²) in [4.78, 5) is 12.8. The lowest BCUT2D eigenvalue weighted by molar-refractivity contribution is -0.127. The van der Waals surface area contributed by atoms with Gasteiger partial charge in [0.2, 0.25) is 5.91 Å². The molecule has 0 heterocycles. The van der Waals surface area contributed by atoms with E-state index in [1.54, 1.807) is 18.0 Å². The van der Waals surface area contributed by atoms with Crippen molar-refractivity contribution in [1.82, 2.24) is 4.90 Å². The molecule has 1 rings (SSSR count). The highest BCUT2D eigenvalue weighted by Crippen LogP contribution is 2.04. The van der Waals surface area contributed by atoms with Crippen molar-refractivity contribution in [2.75, 3.05) is 19.3 Å². The number of rotatable bonds is 4. The zero-order chi connectivity index (χ0) is 11.3. The standard InChI is InChI=1S/C11H14FNOS/c1-13(11(14)8-15)6-5-9-3-2-4-10(12)7-9/h2-4,7,15H,5-6,8H2,1H3. The third-order valence-corrected chi connectivity index (χ3v) is 2.46. The lowest BCUT2D eigenvalue weighted by atomic mass is 10.1. The zero-order valence-corrected chi connectivity index (χ0v) is 9.51. The van der Waals surface area contributed by atoms with Crippen LogP contribution in [0.1, 0.15) is 5.56 Å². The number of carbonyl (C=O) groups excluding carboxylic acids is 1. The van der Waals surface area contributed by atoms with Gasteiger partial charge in [-0.2, -0.15) is 12.6 Å². The van der Waals surface area contributed by atoms with Gasteiger partial charge >= 0.3 is 0 Å². The number of halogens is 1. The van der Waals surface area contributed by atoms with Crippen LogP contribution in [0, 0.1) is 5.82 Å². The van der Waals surface area contributed by atoms with E-state index in [4.69, 9.17) is 0 Å². The van der Waals surface area contributed by atoms with E-state index < -0.39 is 0 Å². The van der Waals surface area contributed by atoms with Gasteiger partial charge in [0.25, 0.3) is 0 Å². The van der Waals surface area contributed by atoms with Crippen molar-refractivity contribution in [3.8, 4) is 0 Å². The van der Waals surface area contributed by atoms with Gasteiger partial charge in [0.1, 0.15) is 5.82 Å². The first-order chi connectivity index (χ1) is 7.13.